The van der Waals surface area contributed by atoms with E-state index >= 15 is 0 Å². The third-order valence-corrected chi connectivity index (χ3v) is 6.51. The van der Waals surface area contributed by atoms with E-state index in [0.717, 1.165) is 19.3 Å². The maximum atomic E-state index is 11.2. The van der Waals surface area contributed by atoms with Gasteiger partial charge in [0, 0.05) is 0 Å². The lowest BCUT2D eigenvalue weighted by Crippen LogP contribution is -2.38. The molecule has 0 heterocycles. The fraction of sp³-hybridized carbons (Fsp3) is 1.00. The highest BCUT2D eigenvalue weighted by atomic mass is 32.2. The number of hydrogen-bond donors (Lipinski definition) is 1. The normalized spacial score (nSPS) is 13.7. The van der Waals surface area contributed by atoms with Crippen LogP contribution >= 0.6 is 0 Å². The van der Waals surface area contributed by atoms with Gasteiger partial charge in [0.15, 0.2) is 0 Å². The summed E-state index contributed by atoms with van der Waals surface area (Å²) in [4.78, 5) is 0. The lowest BCUT2D eigenvalue weighted by atomic mass is 9.91. The van der Waals surface area contributed by atoms with Crippen molar-refractivity contribution in [3.05, 3.63) is 0 Å². The molecule has 4 N–H and O–H groups in total. The van der Waals surface area contributed by atoms with E-state index in [0.29, 0.717) is 0 Å². The first-order valence-corrected chi connectivity index (χ1v) is 10.1. The highest BCUT2D eigenvalue weighted by Gasteiger charge is 2.32. The summed E-state index contributed by atoms with van der Waals surface area (Å²) >= 11 is 0. The molecule has 1 atom stereocenters. The van der Waals surface area contributed by atoms with E-state index in [1.54, 1.807) is 13.8 Å². The molecule has 22 heavy (non-hydrogen) atoms. The second-order valence-corrected chi connectivity index (χ2v) is 8.89. The Morgan fingerprint density at radius 1 is 0.864 bits per heavy atom. The maximum absolute atomic E-state index is 11.2. The zero-order valence-electron chi connectivity index (χ0n) is 15.5. The molecule has 0 aliphatic heterocycles. The zero-order valence-corrected chi connectivity index (χ0v) is 16.3. The Morgan fingerprint density at radius 2 is 1.23 bits per heavy atom. The minimum Gasteiger partial charge on any atom is -0.748 e. The molecule has 0 amide bonds. The molecule has 0 bridgehead atoms. The van der Waals surface area contributed by atoms with Crippen LogP contribution < -0.4 is 6.15 Å². The van der Waals surface area contributed by atoms with Gasteiger partial charge >= 0.3 is 0 Å². The van der Waals surface area contributed by atoms with Gasteiger partial charge in [-0.1, -0.05) is 78.1 Å². The van der Waals surface area contributed by atoms with E-state index < -0.39 is 14.9 Å². The van der Waals surface area contributed by atoms with Gasteiger partial charge in [-0.25, -0.2) is 8.42 Å². The van der Waals surface area contributed by atoms with E-state index in [9.17, 15) is 13.0 Å². The van der Waals surface area contributed by atoms with Gasteiger partial charge in [-0.2, -0.15) is 0 Å². The van der Waals surface area contributed by atoms with Gasteiger partial charge in [0.25, 0.3) is 0 Å². The van der Waals surface area contributed by atoms with Crippen molar-refractivity contribution in [3.8, 4) is 0 Å². The topological polar surface area (TPSA) is 93.7 Å². The summed E-state index contributed by atoms with van der Waals surface area (Å²) in [5, 5.41) is 0. The lowest BCUT2D eigenvalue weighted by Gasteiger charge is -2.34. The van der Waals surface area contributed by atoms with E-state index in [1.165, 1.54) is 51.4 Å². The second kappa shape index (κ2) is 12.3. The fourth-order valence-electron chi connectivity index (χ4n) is 2.53. The summed E-state index contributed by atoms with van der Waals surface area (Å²) in [7, 11) is -4.21. The molecule has 0 rings (SSSR count). The minimum atomic E-state index is -4.21. The molecule has 5 heteroatoms. The Hall–Kier alpha value is -0.130. The third-order valence-electron chi connectivity index (χ3n) is 4.82. The first-order valence-electron chi connectivity index (χ1n) is 8.69. The van der Waals surface area contributed by atoms with Crippen LogP contribution in [0.4, 0.5) is 0 Å². The average molecular weight is 338 g/mol. The van der Waals surface area contributed by atoms with Crippen LogP contribution in [0.1, 0.15) is 98.3 Å². The largest absolute Gasteiger partial charge is 0.748 e. The van der Waals surface area contributed by atoms with Gasteiger partial charge in [-0.3, -0.25) is 0 Å². The molecule has 136 valence electrons. The van der Waals surface area contributed by atoms with Crippen molar-refractivity contribution in [1.82, 2.24) is 6.15 Å². The first-order chi connectivity index (χ1) is 9.73. The minimum absolute atomic E-state index is 0. The van der Waals surface area contributed by atoms with Crippen molar-refractivity contribution in [2.24, 2.45) is 5.92 Å². The van der Waals surface area contributed by atoms with Crippen LogP contribution in [-0.2, 0) is 10.1 Å². The Kier molecular flexibility index (Phi) is 13.5. The van der Waals surface area contributed by atoms with Crippen LogP contribution in [0.5, 0.6) is 0 Å². The van der Waals surface area contributed by atoms with Gasteiger partial charge < -0.3 is 10.7 Å². The number of rotatable bonds is 13. The van der Waals surface area contributed by atoms with Crippen molar-refractivity contribution in [2.75, 3.05) is 0 Å². The van der Waals surface area contributed by atoms with E-state index in [1.807, 2.05) is 6.92 Å². The molecule has 0 fully saturated rings. The van der Waals surface area contributed by atoms with Gasteiger partial charge in [0.05, 0.1) is 4.75 Å². The van der Waals surface area contributed by atoms with Crippen LogP contribution in [0.2, 0.25) is 0 Å². The van der Waals surface area contributed by atoms with Gasteiger partial charge in [0.1, 0.15) is 10.1 Å². The quantitative estimate of drug-likeness (QED) is 0.348. The highest BCUT2D eigenvalue weighted by Crippen LogP contribution is 2.29. The second-order valence-electron chi connectivity index (χ2n) is 6.93. The van der Waals surface area contributed by atoms with E-state index in [4.69, 9.17) is 0 Å². The molecule has 4 nitrogen and oxygen atoms in total. The standard InChI is InChI=1S/C17H36O3S.H3N/c1-5-6-7-8-9-10-11-12-13-14-15-16(2)17(3,4)21(18,19)20;/h16H,5-15H2,1-4H3,(H,18,19,20);1H3. The van der Waals surface area contributed by atoms with Crippen molar-refractivity contribution in [1.29, 1.82) is 0 Å². The summed E-state index contributed by atoms with van der Waals surface area (Å²) in [5.41, 5.74) is 0. The zero-order chi connectivity index (χ0) is 16.4. The Balaban J connectivity index is 0. The van der Waals surface area contributed by atoms with Crippen molar-refractivity contribution < 1.29 is 13.0 Å². The molecule has 0 aliphatic rings. The molecular formula is C17H39NO3S. The molecule has 0 aliphatic carbocycles. The van der Waals surface area contributed by atoms with Crippen LogP contribution in [-0.4, -0.2) is 17.7 Å². The van der Waals surface area contributed by atoms with E-state index in [-0.39, 0.29) is 12.1 Å². The Bertz CT molecular complexity index is 353. The number of unbranched alkanes of at least 4 members (excludes halogenated alkanes) is 9. The van der Waals surface area contributed by atoms with Crippen LogP contribution in [0.15, 0.2) is 0 Å². The summed E-state index contributed by atoms with van der Waals surface area (Å²) in [6.07, 6.45) is 13.6. The monoisotopic (exact) mass is 337 g/mol. The van der Waals surface area contributed by atoms with Gasteiger partial charge in [-0.05, 0) is 26.2 Å². The van der Waals surface area contributed by atoms with Crippen molar-refractivity contribution >= 4 is 10.1 Å². The van der Waals surface area contributed by atoms with Crippen LogP contribution in [0, 0.1) is 5.92 Å². The Morgan fingerprint density at radius 3 is 1.59 bits per heavy atom. The molecule has 0 saturated heterocycles. The molecule has 0 spiro atoms. The molecular weight excluding hydrogens is 298 g/mol. The molecule has 0 aromatic heterocycles. The smallest absolute Gasteiger partial charge is 0.100 e. The highest BCUT2D eigenvalue weighted by molar-refractivity contribution is 7.87. The van der Waals surface area contributed by atoms with Crippen LogP contribution in [0.3, 0.4) is 0 Å². The van der Waals surface area contributed by atoms with Crippen LogP contribution in [0.25, 0.3) is 0 Å². The summed E-state index contributed by atoms with van der Waals surface area (Å²) in [6, 6.07) is 0. The molecule has 0 saturated carbocycles. The predicted octanol–water partition coefficient (Wildman–Crippen LogP) is 5.63. The SMILES string of the molecule is CCCCCCCCCCCCC(C)C(C)(C)S(=O)(=O)[O-].[NH4+]. The number of hydrogen-bond acceptors (Lipinski definition) is 3. The maximum Gasteiger partial charge on any atom is 0.100 e. The Labute approximate surface area is 138 Å². The first kappa shape index (κ1) is 24.1. The average Bonchev–Trinajstić information content (AvgIpc) is 2.39. The summed E-state index contributed by atoms with van der Waals surface area (Å²) in [6.45, 7) is 7.22. The number of quaternary nitrogens is 1. The molecule has 0 aromatic carbocycles. The van der Waals surface area contributed by atoms with Crippen molar-refractivity contribution in [2.45, 2.75) is 103 Å². The molecule has 0 aromatic rings. The third kappa shape index (κ3) is 9.80. The summed E-state index contributed by atoms with van der Waals surface area (Å²) < 4.78 is 32.5. The summed E-state index contributed by atoms with van der Waals surface area (Å²) in [5.74, 6) is -0.0750. The van der Waals surface area contributed by atoms with Gasteiger partial charge in [-0.15, -0.1) is 0 Å². The van der Waals surface area contributed by atoms with Gasteiger partial charge in [0.2, 0.25) is 0 Å². The molecule has 1 unspecified atom stereocenters. The van der Waals surface area contributed by atoms with E-state index in [2.05, 4.69) is 6.92 Å². The van der Waals surface area contributed by atoms with Crippen molar-refractivity contribution in [3.63, 3.8) is 0 Å². The predicted molar refractivity (Wildman–Crippen MR) is 95.4 cm³/mol. The lowest BCUT2D eigenvalue weighted by molar-refractivity contribution is 0.345. The fourth-order valence-corrected chi connectivity index (χ4v) is 3.14. The molecule has 0 radical (unpaired) electrons.